The first-order valence-electron chi connectivity index (χ1n) is 6.51. The van der Waals surface area contributed by atoms with Gasteiger partial charge in [-0.1, -0.05) is 30.7 Å². The molecule has 0 aliphatic carbocycles. The molecule has 2 aromatic rings. The Labute approximate surface area is 127 Å². The normalized spacial score (nSPS) is 13.5. The Morgan fingerprint density at radius 1 is 1.19 bits per heavy atom. The van der Waals surface area contributed by atoms with E-state index in [1.807, 2.05) is 0 Å². The zero-order chi connectivity index (χ0) is 15.5. The summed E-state index contributed by atoms with van der Waals surface area (Å²) in [5, 5.41) is 13.2. The van der Waals surface area contributed by atoms with Gasteiger partial charge in [-0.25, -0.2) is 9.18 Å². The minimum Gasteiger partial charge on any atom is -0.479 e. The Kier molecular flexibility index (Phi) is 4.48. The molecule has 0 aliphatic heterocycles. The monoisotopic (exact) mass is 307 g/mol. The number of carbonyl (C=O) groups is 1. The van der Waals surface area contributed by atoms with Crippen LogP contribution >= 0.6 is 11.6 Å². The molecule has 0 saturated heterocycles. The van der Waals surface area contributed by atoms with E-state index < -0.39 is 11.5 Å². The van der Waals surface area contributed by atoms with E-state index in [9.17, 15) is 14.3 Å². The summed E-state index contributed by atoms with van der Waals surface area (Å²) in [6.07, 6.45) is 0.321. The molecule has 0 amide bonds. The Balaban J connectivity index is 2.44. The first-order chi connectivity index (χ1) is 9.98. The molecule has 2 rings (SSSR count). The lowest BCUT2D eigenvalue weighted by atomic mass is 9.87. The SMILES string of the molecule is CCC(Nc1ccc(F)cc1)(C(=O)O)c1ccc(Cl)cc1. The first kappa shape index (κ1) is 15.3. The van der Waals surface area contributed by atoms with E-state index in [1.165, 1.54) is 24.3 Å². The molecule has 3 nitrogen and oxygen atoms in total. The Hall–Kier alpha value is -2.07. The van der Waals surface area contributed by atoms with Crippen LogP contribution < -0.4 is 5.32 Å². The number of hydrogen-bond acceptors (Lipinski definition) is 2. The molecular formula is C16H15ClFNO2. The van der Waals surface area contributed by atoms with Crippen LogP contribution in [0.4, 0.5) is 10.1 Å². The molecule has 0 saturated carbocycles. The second kappa shape index (κ2) is 6.14. The average molecular weight is 308 g/mol. The third-order valence-corrected chi connectivity index (χ3v) is 3.69. The maximum Gasteiger partial charge on any atom is 0.334 e. The van der Waals surface area contributed by atoms with Gasteiger partial charge in [0.25, 0.3) is 0 Å². The van der Waals surface area contributed by atoms with Crippen LogP contribution in [0.3, 0.4) is 0 Å². The number of hydrogen-bond donors (Lipinski definition) is 2. The van der Waals surface area contributed by atoms with Crippen molar-refractivity contribution in [2.45, 2.75) is 18.9 Å². The summed E-state index contributed by atoms with van der Waals surface area (Å²) in [6, 6.07) is 12.2. The molecule has 5 heteroatoms. The minimum atomic E-state index is -1.29. The number of halogens is 2. The molecule has 2 aromatic carbocycles. The zero-order valence-electron chi connectivity index (χ0n) is 11.4. The van der Waals surface area contributed by atoms with Gasteiger partial charge >= 0.3 is 5.97 Å². The number of rotatable bonds is 5. The highest BCUT2D eigenvalue weighted by Crippen LogP contribution is 2.31. The number of benzene rings is 2. The summed E-state index contributed by atoms with van der Waals surface area (Å²) in [7, 11) is 0. The van der Waals surface area contributed by atoms with Gasteiger partial charge in [-0.05, 0) is 48.4 Å². The zero-order valence-corrected chi connectivity index (χ0v) is 12.2. The summed E-state index contributed by atoms with van der Waals surface area (Å²) in [5.74, 6) is -1.37. The molecule has 0 aromatic heterocycles. The van der Waals surface area contributed by atoms with Gasteiger partial charge in [-0.15, -0.1) is 0 Å². The van der Waals surface area contributed by atoms with Crippen molar-refractivity contribution in [3.05, 3.63) is 64.9 Å². The van der Waals surface area contributed by atoms with Crippen molar-refractivity contribution in [2.24, 2.45) is 0 Å². The fraction of sp³-hybridized carbons (Fsp3) is 0.188. The van der Waals surface area contributed by atoms with E-state index in [0.29, 0.717) is 22.7 Å². The van der Waals surface area contributed by atoms with Crippen LogP contribution in [-0.4, -0.2) is 11.1 Å². The van der Waals surface area contributed by atoms with Gasteiger partial charge in [0, 0.05) is 10.7 Å². The number of nitrogens with one attached hydrogen (secondary N) is 1. The van der Waals surface area contributed by atoms with Crippen molar-refractivity contribution >= 4 is 23.3 Å². The average Bonchev–Trinajstić information content (AvgIpc) is 2.47. The first-order valence-corrected chi connectivity index (χ1v) is 6.89. The van der Waals surface area contributed by atoms with Gasteiger partial charge in [0.05, 0.1) is 0 Å². The number of aliphatic carboxylic acids is 1. The highest BCUT2D eigenvalue weighted by molar-refractivity contribution is 6.30. The Bertz CT molecular complexity index is 628. The number of anilines is 1. The second-order valence-corrected chi connectivity index (χ2v) is 5.14. The maximum atomic E-state index is 13.0. The van der Waals surface area contributed by atoms with Crippen molar-refractivity contribution in [3.63, 3.8) is 0 Å². The molecule has 1 unspecified atom stereocenters. The molecule has 0 heterocycles. The highest BCUT2D eigenvalue weighted by atomic mass is 35.5. The summed E-state index contributed by atoms with van der Waals surface area (Å²) in [6.45, 7) is 1.78. The fourth-order valence-corrected chi connectivity index (χ4v) is 2.33. The molecule has 0 radical (unpaired) electrons. The molecule has 21 heavy (non-hydrogen) atoms. The molecule has 0 fully saturated rings. The standard InChI is InChI=1S/C16H15ClFNO2/c1-2-16(15(20)21,11-3-5-12(17)6-4-11)19-14-9-7-13(18)8-10-14/h3-10,19H,2H2,1H3,(H,20,21). The third kappa shape index (κ3) is 3.16. The molecule has 110 valence electrons. The summed E-state index contributed by atoms with van der Waals surface area (Å²) < 4.78 is 13.0. The lowest BCUT2D eigenvalue weighted by Crippen LogP contribution is -2.43. The van der Waals surface area contributed by atoms with E-state index in [2.05, 4.69) is 5.32 Å². The van der Waals surface area contributed by atoms with Crippen molar-refractivity contribution in [1.82, 2.24) is 0 Å². The van der Waals surface area contributed by atoms with Crippen LogP contribution in [0.1, 0.15) is 18.9 Å². The number of carboxylic acids is 1. The maximum absolute atomic E-state index is 13.0. The smallest absolute Gasteiger partial charge is 0.334 e. The predicted molar refractivity (Wildman–Crippen MR) is 81.1 cm³/mol. The summed E-state index contributed by atoms with van der Waals surface area (Å²) >= 11 is 5.85. The topological polar surface area (TPSA) is 49.3 Å². The molecular weight excluding hydrogens is 293 g/mol. The second-order valence-electron chi connectivity index (χ2n) is 4.70. The minimum absolute atomic E-state index is 0.321. The molecule has 1 atom stereocenters. The van der Waals surface area contributed by atoms with Crippen LogP contribution in [-0.2, 0) is 10.3 Å². The number of carboxylic acid groups (broad SMARTS) is 1. The van der Waals surface area contributed by atoms with E-state index in [4.69, 9.17) is 11.6 Å². The molecule has 0 spiro atoms. The van der Waals surface area contributed by atoms with Crippen molar-refractivity contribution in [2.75, 3.05) is 5.32 Å². The van der Waals surface area contributed by atoms with Gasteiger partial charge in [-0.2, -0.15) is 0 Å². The highest BCUT2D eigenvalue weighted by Gasteiger charge is 2.38. The largest absolute Gasteiger partial charge is 0.479 e. The van der Waals surface area contributed by atoms with Crippen LogP contribution in [0.15, 0.2) is 48.5 Å². The quantitative estimate of drug-likeness (QED) is 0.866. The van der Waals surface area contributed by atoms with Crippen molar-refractivity contribution in [1.29, 1.82) is 0 Å². The van der Waals surface area contributed by atoms with Crippen LogP contribution in [0, 0.1) is 5.82 Å². The van der Waals surface area contributed by atoms with E-state index in [0.717, 1.165) is 0 Å². The van der Waals surface area contributed by atoms with Gasteiger partial charge in [0.15, 0.2) is 5.54 Å². The van der Waals surface area contributed by atoms with E-state index in [-0.39, 0.29) is 5.82 Å². The van der Waals surface area contributed by atoms with Gasteiger partial charge < -0.3 is 10.4 Å². The fourth-order valence-electron chi connectivity index (χ4n) is 2.21. The van der Waals surface area contributed by atoms with E-state index >= 15 is 0 Å². The van der Waals surface area contributed by atoms with Crippen LogP contribution in [0.2, 0.25) is 5.02 Å². The van der Waals surface area contributed by atoms with Crippen molar-refractivity contribution < 1.29 is 14.3 Å². The lowest BCUT2D eigenvalue weighted by molar-refractivity contribution is -0.142. The Morgan fingerprint density at radius 3 is 2.24 bits per heavy atom. The van der Waals surface area contributed by atoms with Crippen LogP contribution in [0.25, 0.3) is 0 Å². The molecule has 0 bridgehead atoms. The predicted octanol–water partition coefficient (Wildman–Crippen LogP) is 4.28. The third-order valence-electron chi connectivity index (χ3n) is 3.43. The molecule has 2 N–H and O–H groups in total. The lowest BCUT2D eigenvalue weighted by Gasteiger charge is -2.31. The van der Waals surface area contributed by atoms with Gasteiger partial charge in [0.1, 0.15) is 5.82 Å². The van der Waals surface area contributed by atoms with E-state index in [1.54, 1.807) is 31.2 Å². The van der Waals surface area contributed by atoms with Gasteiger partial charge in [-0.3, -0.25) is 0 Å². The van der Waals surface area contributed by atoms with Crippen LogP contribution in [0.5, 0.6) is 0 Å². The molecule has 0 aliphatic rings. The summed E-state index contributed by atoms with van der Waals surface area (Å²) in [4.78, 5) is 11.8. The Morgan fingerprint density at radius 2 is 1.76 bits per heavy atom. The summed E-state index contributed by atoms with van der Waals surface area (Å²) in [5.41, 5.74) is -0.163. The van der Waals surface area contributed by atoms with Crippen molar-refractivity contribution in [3.8, 4) is 0 Å². The van der Waals surface area contributed by atoms with Gasteiger partial charge in [0.2, 0.25) is 0 Å².